The van der Waals surface area contributed by atoms with Gasteiger partial charge in [0.25, 0.3) is 0 Å². The molecule has 3 saturated heterocycles. The molecule has 3 rings (SSSR count). The summed E-state index contributed by atoms with van der Waals surface area (Å²) in [6, 6.07) is 0. The molecule has 0 aromatic carbocycles. The average molecular weight is 361 g/mol. The molecule has 8 nitrogen and oxygen atoms in total. The molecule has 1 amide bonds. The molecular formula is C15H27N3O5S. The molecular weight excluding hydrogens is 334 g/mol. The van der Waals surface area contributed by atoms with Crippen molar-refractivity contribution < 1.29 is 23.1 Å². The summed E-state index contributed by atoms with van der Waals surface area (Å²) in [5, 5.41) is 8.93. The quantitative estimate of drug-likeness (QED) is 0.740. The highest BCUT2D eigenvalue weighted by Gasteiger charge is 2.38. The number of hydrogen-bond acceptors (Lipinski definition) is 5. The minimum Gasteiger partial charge on any atom is -0.465 e. The Morgan fingerprint density at radius 1 is 1.08 bits per heavy atom. The lowest BCUT2D eigenvalue weighted by Crippen LogP contribution is -2.55. The lowest BCUT2D eigenvalue weighted by atomic mass is 9.81. The van der Waals surface area contributed by atoms with Gasteiger partial charge in [0, 0.05) is 39.3 Å². The van der Waals surface area contributed by atoms with Gasteiger partial charge in [-0.3, -0.25) is 0 Å². The topological polar surface area (TPSA) is 90.4 Å². The molecule has 0 saturated carbocycles. The molecule has 1 atom stereocenters. The Morgan fingerprint density at radius 2 is 1.79 bits per heavy atom. The zero-order chi connectivity index (χ0) is 17.2. The molecule has 0 aromatic heterocycles. The second-order valence-corrected chi connectivity index (χ2v) is 9.07. The fourth-order valence-corrected chi connectivity index (χ4v) is 5.30. The average Bonchev–Trinajstić information content (AvgIpc) is 2.53. The number of sulfonamides is 1. The van der Waals surface area contributed by atoms with Gasteiger partial charge in [-0.15, -0.1) is 0 Å². The highest BCUT2D eigenvalue weighted by atomic mass is 32.2. The van der Waals surface area contributed by atoms with Crippen LogP contribution in [0.15, 0.2) is 0 Å². The molecule has 24 heavy (non-hydrogen) atoms. The van der Waals surface area contributed by atoms with E-state index in [2.05, 4.69) is 4.90 Å². The van der Waals surface area contributed by atoms with Gasteiger partial charge in [0.1, 0.15) is 0 Å². The number of carbonyl (C=O) groups is 1. The van der Waals surface area contributed by atoms with Gasteiger partial charge in [-0.05, 0) is 31.2 Å². The lowest BCUT2D eigenvalue weighted by molar-refractivity contribution is 0.0280. The van der Waals surface area contributed by atoms with Crippen molar-refractivity contribution in [3.8, 4) is 0 Å². The Labute approximate surface area is 143 Å². The van der Waals surface area contributed by atoms with E-state index >= 15 is 0 Å². The molecule has 138 valence electrons. The Morgan fingerprint density at radius 3 is 2.46 bits per heavy atom. The number of carboxylic acid groups (broad SMARTS) is 1. The minimum absolute atomic E-state index is 0.158. The molecule has 9 heteroatoms. The van der Waals surface area contributed by atoms with Crippen molar-refractivity contribution in [2.24, 2.45) is 11.8 Å². The van der Waals surface area contributed by atoms with E-state index in [-0.39, 0.29) is 5.75 Å². The van der Waals surface area contributed by atoms with Gasteiger partial charge in [0.15, 0.2) is 0 Å². The monoisotopic (exact) mass is 361 g/mol. The van der Waals surface area contributed by atoms with Crippen LogP contribution < -0.4 is 0 Å². The second-order valence-electron chi connectivity index (χ2n) is 6.98. The van der Waals surface area contributed by atoms with Crippen molar-refractivity contribution in [3.63, 3.8) is 0 Å². The van der Waals surface area contributed by atoms with Crippen molar-refractivity contribution in [3.05, 3.63) is 0 Å². The summed E-state index contributed by atoms with van der Waals surface area (Å²) in [7, 11) is -3.21. The number of ether oxygens (including phenoxy) is 1. The molecule has 3 aliphatic heterocycles. The Balaban J connectivity index is 1.45. The summed E-state index contributed by atoms with van der Waals surface area (Å²) in [5.41, 5.74) is 0. The number of morpholine rings is 1. The smallest absolute Gasteiger partial charge is 0.407 e. The lowest BCUT2D eigenvalue weighted by Gasteiger charge is -2.45. The number of amides is 1. The number of rotatable bonds is 5. The van der Waals surface area contributed by atoms with Crippen LogP contribution in [0.1, 0.15) is 12.8 Å². The van der Waals surface area contributed by atoms with Crippen molar-refractivity contribution >= 4 is 16.1 Å². The summed E-state index contributed by atoms with van der Waals surface area (Å²) in [4.78, 5) is 14.6. The molecule has 1 unspecified atom stereocenters. The van der Waals surface area contributed by atoms with Gasteiger partial charge in [0.2, 0.25) is 10.0 Å². The SMILES string of the molecule is O=C(O)N1CC(C2CCCN(CCS(=O)(=O)N3CCOCC3)C2)C1. The summed E-state index contributed by atoms with van der Waals surface area (Å²) in [6.07, 6.45) is 1.34. The molecule has 0 aliphatic carbocycles. The van der Waals surface area contributed by atoms with Crippen molar-refractivity contribution in [2.45, 2.75) is 12.8 Å². The second kappa shape index (κ2) is 7.55. The van der Waals surface area contributed by atoms with E-state index < -0.39 is 16.1 Å². The third-order valence-corrected chi connectivity index (χ3v) is 7.27. The molecule has 0 radical (unpaired) electrons. The maximum Gasteiger partial charge on any atom is 0.407 e. The van der Waals surface area contributed by atoms with Gasteiger partial charge in [-0.25, -0.2) is 13.2 Å². The molecule has 0 aromatic rings. The van der Waals surface area contributed by atoms with Crippen LogP contribution in [-0.2, 0) is 14.8 Å². The maximum atomic E-state index is 12.4. The van der Waals surface area contributed by atoms with E-state index in [1.807, 2.05) is 0 Å². The highest BCUT2D eigenvalue weighted by Crippen LogP contribution is 2.30. The van der Waals surface area contributed by atoms with Gasteiger partial charge in [0.05, 0.1) is 19.0 Å². The van der Waals surface area contributed by atoms with Crippen LogP contribution in [0.2, 0.25) is 0 Å². The molecule has 3 heterocycles. The molecule has 1 N–H and O–H groups in total. The van der Waals surface area contributed by atoms with E-state index in [4.69, 9.17) is 9.84 Å². The van der Waals surface area contributed by atoms with Crippen molar-refractivity contribution in [2.75, 3.05) is 64.8 Å². The number of piperidine rings is 1. The van der Waals surface area contributed by atoms with Crippen molar-refractivity contribution in [1.82, 2.24) is 14.1 Å². The molecule has 0 bridgehead atoms. The van der Waals surface area contributed by atoms with Crippen LogP contribution in [0, 0.1) is 11.8 Å². The summed E-state index contributed by atoms with van der Waals surface area (Å²) in [5.74, 6) is 1.08. The van der Waals surface area contributed by atoms with Gasteiger partial charge in [-0.1, -0.05) is 0 Å². The zero-order valence-electron chi connectivity index (χ0n) is 14.0. The first-order valence-electron chi connectivity index (χ1n) is 8.71. The van der Waals surface area contributed by atoms with E-state index in [1.54, 1.807) is 0 Å². The van der Waals surface area contributed by atoms with Crippen LogP contribution in [0.4, 0.5) is 4.79 Å². The molecule has 3 aliphatic rings. The largest absolute Gasteiger partial charge is 0.465 e. The number of likely N-dealkylation sites (tertiary alicyclic amines) is 2. The number of nitrogens with zero attached hydrogens (tertiary/aromatic N) is 3. The third kappa shape index (κ3) is 4.19. The zero-order valence-corrected chi connectivity index (χ0v) is 14.8. The fourth-order valence-electron chi connectivity index (χ4n) is 3.84. The first kappa shape index (κ1) is 17.9. The maximum absolute atomic E-state index is 12.4. The first-order chi connectivity index (χ1) is 11.5. The summed E-state index contributed by atoms with van der Waals surface area (Å²) >= 11 is 0. The van der Waals surface area contributed by atoms with E-state index in [9.17, 15) is 13.2 Å². The Bertz CT molecular complexity index is 543. The van der Waals surface area contributed by atoms with Crippen molar-refractivity contribution in [1.29, 1.82) is 0 Å². The van der Waals surface area contributed by atoms with Crippen LogP contribution >= 0.6 is 0 Å². The Hall–Kier alpha value is -0.900. The third-order valence-electron chi connectivity index (χ3n) is 5.42. The van der Waals surface area contributed by atoms with Gasteiger partial charge < -0.3 is 19.6 Å². The van der Waals surface area contributed by atoms with Crippen LogP contribution in [0.3, 0.4) is 0 Å². The van der Waals surface area contributed by atoms with Gasteiger partial charge in [-0.2, -0.15) is 4.31 Å². The minimum atomic E-state index is -3.21. The first-order valence-corrected chi connectivity index (χ1v) is 10.3. The van der Waals surface area contributed by atoms with Crippen LogP contribution in [-0.4, -0.2) is 98.5 Å². The van der Waals surface area contributed by atoms with Crippen LogP contribution in [0.25, 0.3) is 0 Å². The predicted molar refractivity (Wildman–Crippen MR) is 88.4 cm³/mol. The van der Waals surface area contributed by atoms with E-state index in [0.29, 0.717) is 57.8 Å². The fraction of sp³-hybridized carbons (Fsp3) is 0.933. The normalized spacial score (nSPS) is 27.8. The summed E-state index contributed by atoms with van der Waals surface area (Å²) < 4.78 is 31.5. The summed E-state index contributed by atoms with van der Waals surface area (Å²) in [6.45, 7) is 5.50. The van der Waals surface area contributed by atoms with Crippen LogP contribution in [0.5, 0.6) is 0 Å². The van der Waals surface area contributed by atoms with E-state index in [1.165, 1.54) is 9.21 Å². The molecule has 3 fully saturated rings. The standard InChI is InChI=1S/C15H27N3O5S/c19-15(20)17-11-14(12-17)13-2-1-3-16(10-13)6-9-24(21,22)18-4-7-23-8-5-18/h13-14H,1-12H2,(H,19,20). The van der Waals surface area contributed by atoms with Gasteiger partial charge >= 0.3 is 6.09 Å². The number of hydrogen-bond donors (Lipinski definition) is 1. The van der Waals surface area contributed by atoms with E-state index in [0.717, 1.165) is 25.9 Å². The predicted octanol–water partition coefficient (Wildman–Crippen LogP) is -0.0298. The Kier molecular flexibility index (Phi) is 5.63. The highest BCUT2D eigenvalue weighted by molar-refractivity contribution is 7.89. The molecule has 0 spiro atoms.